The van der Waals surface area contributed by atoms with Crippen molar-refractivity contribution in [1.82, 2.24) is 0 Å². The summed E-state index contributed by atoms with van der Waals surface area (Å²) in [5, 5.41) is 0. The molecular formula is C10H12S. The molecule has 0 aliphatic carbocycles. The summed E-state index contributed by atoms with van der Waals surface area (Å²) >= 11 is 5.14. The molecule has 0 aromatic heterocycles. The number of hydrogen-bond donors (Lipinski definition) is 0. The van der Waals surface area contributed by atoms with Crippen LogP contribution in [0.3, 0.4) is 0 Å². The monoisotopic (exact) mass is 164 g/mol. The van der Waals surface area contributed by atoms with Gasteiger partial charge in [0.25, 0.3) is 0 Å². The Labute approximate surface area is 73.2 Å². The van der Waals surface area contributed by atoms with Crippen LogP contribution < -0.4 is 0 Å². The maximum Gasteiger partial charge on any atom is 0.00381 e. The van der Waals surface area contributed by atoms with Gasteiger partial charge in [0.1, 0.15) is 0 Å². The summed E-state index contributed by atoms with van der Waals surface area (Å²) < 4.78 is 0. The highest BCUT2D eigenvalue weighted by molar-refractivity contribution is 7.80. The number of benzene rings is 1. The molecule has 0 nitrogen and oxygen atoms in total. The van der Waals surface area contributed by atoms with Crippen LogP contribution in [0.4, 0.5) is 0 Å². The van der Waals surface area contributed by atoms with Crippen molar-refractivity contribution < 1.29 is 0 Å². The Balaban J connectivity index is 2.58. The molecule has 0 N–H and O–H groups in total. The van der Waals surface area contributed by atoms with E-state index in [-0.39, 0.29) is 0 Å². The normalized spacial score (nSPS) is 9.55. The highest BCUT2D eigenvalue weighted by Crippen LogP contribution is 2.02. The van der Waals surface area contributed by atoms with Gasteiger partial charge >= 0.3 is 0 Å². The van der Waals surface area contributed by atoms with Crippen molar-refractivity contribution in [3.05, 3.63) is 35.9 Å². The molecule has 1 aromatic carbocycles. The van der Waals surface area contributed by atoms with Crippen LogP contribution >= 0.6 is 12.2 Å². The Bertz CT molecular complexity index is 226. The van der Waals surface area contributed by atoms with E-state index in [1.165, 1.54) is 5.56 Å². The minimum Gasteiger partial charge on any atom is -0.0893 e. The van der Waals surface area contributed by atoms with Gasteiger partial charge in [-0.3, -0.25) is 0 Å². The van der Waals surface area contributed by atoms with Gasteiger partial charge < -0.3 is 0 Å². The first-order chi connectivity index (χ1) is 5.33. The van der Waals surface area contributed by atoms with Crippen LogP contribution in [-0.4, -0.2) is 4.86 Å². The Morgan fingerprint density at radius 3 is 2.45 bits per heavy atom. The second kappa shape index (κ2) is 4.24. The van der Waals surface area contributed by atoms with Crippen LogP contribution in [0.5, 0.6) is 0 Å². The molecule has 0 amide bonds. The van der Waals surface area contributed by atoms with Crippen LogP contribution in [0.2, 0.25) is 0 Å². The second-order valence-electron chi connectivity index (χ2n) is 2.55. The van der Waals surface area contributed by atoms with Gasteiger partial charge in [-0.1, -0.05) is 49.5 Å². The van der Waals surface area contributed by atoms with Gasteiger partial charge in [0, 0.05) is 6.42 Å². The fourth-order valence-corrected chi connectivity index (χ4v) is 1.12. The zero-order chi connectivity index (χ0) is 8.10. The minimum atomic E-state index is 0.951. The minimum absolute atomic E-state index is 0.951. The summed E-state index contributed by atoms with van der Waals surface area (Å²) in [7, 11) is 0. The van der Waals surface area contributed by atoms with E-state index in [0.717, 1.165) is 17.7 Å². The summed E-state index contributed by atoms with van der Waals surface area (Å²) in [6, 6.07) is 10.4. The molecule has 1 aromatic rings. The summed E-state index contributed by atoms with van der Waals surface area (Å²) in [5.74, 6) is 0. The van der Waals surface area contributed by atoms with E-state index in [4.69, 9.17) is 12.2 Å². The van der Waals surface area contributed by atoms with E-state index >= 15 is 0 Å². The summed E-state index contributed by atoms with van der Waals surface area (Å²) in [4.78, 5) is 1.14. The molecule has 58 valence electrons. The molecule has 0 atom stereocenters. The van der Waals surface area contributed by atoms with Crippen LogP contribution in [0.1, 0.15) is 18.9 Å². The third kappa shape index (κ3) is 2.81. The summed E-state index contributed by atoms with van der Waals surface area (Å²) in [6.45, 7) is 2.10. The predicted octanol–water partition coefficient (Wildman–Crippen LogP) is 3.01. The molecule has 1 rings (SSSR count). The molecule has 0 aliphatic rings. The molecule has 0 unspecified atom stereocenters. The maximum absolute atomic E-state index is 5.14. The first kappa shape index (κ1) is 8.41. The predicted molar refractivity (Wildman–Crippen MR) is 53.0 cm³/mol. The molecule has 11 heavy (non-hydrogen) atoms. The van der Waals surface area contributed by atoms with Crippen LogP contribution in [0, 0.1) is 0 Å². The van der Waals surface area contributed by atoms with Crippen molar-refractivity contribution in [2.75, 3.05) is 0 Å². The van der Waals surface area contributed by atoms with E-state index < -0.39 is 0 Å². The van der Waals surface area contributed by atoms with Gasteiger partial charge in [-0.25, -0.2) is 0 Å². The average Bonchev–Trinajstić information content (AvgIpc) is 2.06. The first-order valence-electron chi connectivity index (χ1n) is 3.88. The van der Waals surface area contributed by atoms with Gasteiger partial charge in [0.05, 0.1) is 0 Å². The first-order valence-corrected chi connectivity index (χ1v) is 4.29. The average molecular weight is 164 g/mol. The molecule has 0 saturated heterocycles. The summed E-state index contributed by atoms with van der Waals surface area (Å²) in [6.07, 6.45) is 1.96. The van der Waals surface area contributed by atoms with Gasteiger partial charge in [-0.2, -0.15) is 0 Å². The fourth-order valence-electron chi connectivity index (χ4n) is 0.949. The van der Waals surface area contributed by atoms with E-state index in [0.29, 0.717) is 0 Å². The van der Waals surface area contributed by atoms with E-state index in [2.05, 4.69) is 19.1 Å². The molecule has 0 fully saturated rings. The lowest BCUT2D eigenvalue weighted by Gasteiger charge is -1.99. The lowest BCUT2D eigenvalue weighted by Crippen LogP contribution is -1.96. The summed E-state index contributed by atoms with van der Waals surface area (Å²) in [5.41, 5.74) is 1.32. The Morgan fingerprint density at radius 2 is 1.91 bits per heavy atom. The third-order valence-corrected chi connectivity index (χ3v) is 2.07. The lowest BCUT2D eigenvalue weighted by molar-refractivity contribution is 1.23. The van der Waals surface area contributed by atoms with E-state index in [1.54, 1.807) is 0 Å². The van der Waals surface area contributed by atoms with Crippen molar-refractivity contribution >= 4 is 17.1 Å². The molecule has 0 heterocycles. The number of thiocarbonyl (C=S) groups is 1. The zero-order valence-electron chi connectivity index (χ0n) is 6.71. The molecule has 0 aliphatic heterocycles. The fraction of sp³-hybridized carbons (Fsp3) is 0.300. The quantitative estimate of drug-likeness (QED) is 0.619. The van der Waals surface area contributed by atoms with E-state index in [1.807, 2.05) is 18.2 Å². The van der Waals surface area contributed by atoms with Gasteiger partial charge in [-0.05, 0) is 16.8 Å². The van der Waals surface area contributed by atoms with Crippen molar-refractivity contribution in [2.24, 2.45) is 0 Å². The van der Waals surface area contributed by atoms with Crippen LogP contribution in [-0.2, 0) is 6.42 Å². The SMILES string of the molecule is CCC(=S)Cc1ccccc1. The molecular weight excluding hydrogens is 152 g/mol. The zero-order valence-corrected chi connectivity index (χ0v) is 7.53. The van der Waals surface area contributed by atoms with E-state index in [9.17, 15) is 0 Å². The molecule has 0 radical (unpaired) electrons. The van der Waals surface area contributed by atoms with Crippen molar-refractivity contribution in [3.8, 4) is 0 Å². The Hall–Kier alpha value is -0.690. The number of hydrogen-bond acceptors (Lipinski definition) is 1. The third-order valence-electron chi connectivity index (χ3n) is 1.64. The molecule has 0 spiro atoms. The smallest absolute Gasteiger partial charge is 0.00381 e. The van der Waals surface area contributed by atoms with Crippen molar-refractivity contribution in [1.29, 1.82) is 0 Å². The maximum atomic E-state index is 5.14. The van der Waals surface area contributed by atoms with Crippen molar-refractivity contribution in [3.63, 3.8) is 0 Å². The topological polar surface area (TPSA) is 0 Å². The van der Waals surface area contributed by atoms with Crippen LogP contribution in [0.15, 0.2) is 30.3 Å². The molecule has 0 bridgehead atoms. The standard InChI is InChI=1S/C10H12S/c1-2-10(11)8-9-6-4-3-5-7-9/h3-7H,2,8H2,1H3. The highest BCUT2D eigenvalue weighted by Gasteiger charge is 1.94. The number of rotatable bonds is 3. The molecule has 1 heteroatoms. The Kier molecular flexibility index (Phi) is 3.24. The van der Waals surface area contributed by atoms with Gasteiger partial charge in [-0.15, -0.1) is 0 Å². The van der Waals surface area contributed by atoms with Gasteiger partial charge in [0.2, 0.25) is 0 Å². The van der Waals surface area contributed by atoms with Gasteiger partial charge in [0.15, 0.2) is 0 Å². The Morgan fingerprint density at radius 1 is 1.27 bits per heavy atom. The lowest BCUT2D eigenvalue weighted by atomic mass is 10.1. The van der Waals surface area contributed by atoms with Crippen molar-refractivity contribution in [2.45, 2.75) is 19.8 Å². The highest BCUT2D eigenvalue weighted by atomic mass is 32.1. The largest absolute Gasteiger partial charge is 0.0893 e. The second-order valence-corrected chi connectivity index (χ2v) is 3.13. The molecule has 0 saturated carbocycles. The van der Waals surface area contributed by atoms with Crippen LogP contribution in [0.25, 0.3) is 0 Å².